The second-order valence-electron chi connectivity index (χ2n) is 7.53. The molecule has 0 aromatic heterocycles. The molecule has 2 N–H and O–H groups in total. The highest BCUT2D eigenvalue weighted by molar-refractivity contribution is 7.89. The maximum atomic E-state index is 12.2. The van der Waals surface area contributed by atoms with E-state index < -0.39 is 10.0 Å². The average Bonchev–Trinajstić information content (AvgIpc) is 2.61. The van der Waals surface area contributed by atoms with Gasteiger partial charge in [0.1, 0.15) is 0 Å². The summed E-state index contributed by atoms with van der Waals surface area (Å²) in [5.41, 5.74) is 0.964. The first kappa shape index (κ1) is 20.9. The molecule has 1 saturated heterocycles. The molecule has 0 saturated carbocycles. The number of nitrogens with one attached hydrogen (secondary N) is 2. The number of carbonyl (C=O) groups excluding carboxylic acids is 1. The van der Waals surface area contributed by atoms with Gasteiger partial charge in [-0.15, -0.1) is 0 Å². The fourth-order valence-corrected chi connectivity index (χ4v) is 4.12. The molecule has 0 radical (unpaired) electrons. The molecule has 0 bridgehead atoms. The van der Waals surface area contributed by atoms with E-state index in [1.165, 1.54) is 0 Å². The number of hydrogen-bond acceptors (Lipinski definition) is 4. The predicted molar refractivity (Wildman–Crippen MR) is 103 cm³/mol. The SMILES string of the molecule is CC(C)CNS(=O)(=O)c1ccc(CCC(=O)NC2CCN(C)CC2)cc1. The monoisotopic (exact) mass is 381 g/mol. The zero-order valence-electron chi connectivity index (χ0n) is 16.0. The summed E-state index contributed by atoms with van der Waals surface area (Å²) >= 11 is 0. The van der Waals surface area contributed by atoms with Crippen molar-refractivity contribution in [2.45, 2.75) is 50.5 Å². The Morgan fingerprint density at radius 2 is 1.81 bits per heavy atom. The number of nitrogens with zero attached hydrogens (tertiary/aromatic N) is 1. The molecule has 26 heavy (non-hydrogen) atoms. The van der Waals surface area contributed by atoms with E-state index in [2.05, 4.69) is 22.0 Å². The van der Waals surface area contributed by atoms with E-state index in [0.717, 1.165) is 31.5 Å². The molecule has 2 rings (SSSR count). The summed E-state index contributed by atoms with van der Waals surface area (Å²) < 4.78 is 27.0. The highest BCUT2D eigenvalue weighted by atomic mass is 32.2. The number of likely N-dealkylation sites (tertiary alicyclic amines) is 1. The van der Waals surface area contributed by atoms with E-state index in [1.54, 1.807) is 24.3 Å². The molecular formula is C19H31N3O3S. The minimum Gasteiger partial charge on any atom is -0.353 e. The Morgan fingerprint density at radius 3 is 2.38 bits per heavy atom. The van der Waals surface area contributed by atoms with Crippen LogP contribution in [0.5, 0.6) is 0 Å². The number of carbonyl (C=O) groups is 1. The summed E-state index contributed by atoms with van der Waals surface area (Å²) in [5, 5.41) is 3.10. The highest BCUT2D eigenvalue weighted by Crippen LogP contribution is 2.13. The van der Waals surface area contributed by atoms with Crippen LogP contribution in [0.3, 0.4) is 0 Å². The van der Waals surface area contributed by atoms with Crippen LogP contribution >= 0.6 is 0 Å². The minimum atomic E-state index is -3.46. The van der Waals surface area contributed by atoms with Crippen LogP contribution in [0.1, 0.15) is 38.7 Å². The lowest BCUT2D eigenvalue weighted by atomic mass is 10.0. The smallest absolute Gasteiger partial charge is 0.240 e. The largest absolute Gasteiger partial charge is 0.353 e. The maximum Gasteiger partial charge on any atom is 0.240 e. The van der Waals surface area contributed by atoms with Gasteiger partial charge in [0, 0.05) is 19.0 Å². The van der Waals surface area contributed by atoms with Crippen molar-refractivity contribution in [3.8, 4) is 0 Å². The summed E-state index contributed by atoms with van der Waals surface area (Å²) in [6.07, 6.45) is 3.03. The van der Waals surface area contributed by atoms with Gasteiger partial charge in [-0.25, -0.2) is 13.1 Å². The van der Waals surface area contributed by atoms with Crippen LogP contribution in [0.15, 0.2) is 29.2 Å². The number of hydrogen-bond donors (Lipinski definition) is 2. The van der Waals surface area contributed by atoms with Crippen LogP contribution in [0.2, 0.25) is 0 Å². The standard InChI is InChI=1S/C19H31N3O3S/c1-15(2)14-20-26(24,25)18-7-4-16(5-8-18)6-9-19(23)21-17-10-12-22(3)13-11-17/h4-5,7-8,15,17,20H,6,9-14H2,1-3H3,(H,21,23). The zero-order chi connectivity index (χ0) is 19.2. The highest BCUT2D eigenvalue weighted by Gasteiger charge is 2.18. The van der Waals surface area contributed by atoms with Crippen molar-refractivity contribution >= 4 is 15.9 Å². The molecule has 0 aliphatic carbocycles. The molecule has 146 valence electrons. The topological polar surface area (TPSA) is 78.5 Å². The Morgan fingerprint density at radius 1 is 1.19 bits per heavy atom. The molecule has 1 aliphatic heterocycles. The Labute approximate surface area is 157 Å². The number of sulfonamides is 1. The van der Waals surface area contributed by atoms with Crippen LogP contribution < -0.4 is 10.0 Å². The average molecular weight is 382 g/mol. The molecule has 7 heteroatoms. The molecule has 6 nitrogen and oxygen atoms in total. The van der Waals surface area contributed by atoms with Gasteiger partial charge in [0.05, 0.1) is 4.90 Å². The summed E-state index contributed by atoms with van der Waals surface area (Å²) in [4.78, 5) is 14.6. The third-order valence-electron chi connectivity index (χ3n) is 4.64. The fraction of sp³-hybridized carbons (Fsp3) is 0.632. The van der Waals surface area contributed by atoms with Gasteiger partial charge in [0.15, 0.2) is 0 Å². The van der Waals surface area contributed by atoms with Crippen molar-refractivity contribution in [1.82, 2.24) is 14.9 Å². The van der Waals surface area contributed by atoms with Gasteiger partial charge in [-0.1, -0.05) is 26.0 Å². The molecule has 1 heterocycles. The zero-order valence-corrected chi connectivity index (χ0v) is 16.8. The number of rotatable bonds is 8. The van der Waals surface area contributed by atoms with Crippen molar-refractivity contribution in [1.29, 1.82) is 0 Å². The lowest BCUT2D eigenvalue weighted by Crippen LogP contribution is -2.43. The minimum absolute atomic E-state index is 0.0647. The molecule has 1 fully saturated rings. The predicted octanol–water partition coefficient (Wildman–Crippen LogP) is 1.76. The third kappa shape index (κ3) is 6.70. The van der Waals surface area contributed by atoms with E-state index in [0.29, 0.717) is 19.4 Å². The quantitative estimate of drug-likeness (QED) is 0.719. The molecule has 1 amide bonds. The Balaban J connectivity index is 1.80. The van der Waals surface area contributed by atoms with E-state index >= 15 is 0 Å². The third-order valence-corrected chi connectivity index (χ3v) is 6.08. The lowest BCUT2D eigenvalue weighted by Gasteiger charge is -2.29. The molecule has 1 aliphatic rings. The molecular weight excluding hydrogens is 350 g/mol. The number of piperidine rings is 1. The molecule has 0 unspecified atom stereocenters. The van der Waals surface area contributed by atoms with Gasteiger partial charge in [-0.05, 0) is 63.0 Å². The number of aryl methyl sites for hydroxylation is 1. The van der Waals surface area contributed by atoms with Crippen LogP contribution in [0, 0.1) is 5.92 Å². The number of amides is 1. The number of benzene rings is 1. The first-order valence-electron chi connectivity index (χ1n) is 9.33. The Bertz CT molecular complexity index is 678. The van der Waals surface area contributed by atoms with Crippen molar-refractivity contribution < 1.29 is 13.2 Å². The fourth-order valence-electron chi connectivity index (χ4n) is 2.91. The van der Waals surface area contributed by atoms with Crippen molar-refractivity contribution in [3.63, 3.8) is 0 Å². The van der Waals surface area contributed by atoms with Gasteiger partial charge < -0.3 is 10.2 Å². The summed E-state index contributed by atoms with van der Waals surface area (Å²) in [6, 6.07) is 7.05. The van der Waals surface area contributed by atoms with Gasteiger partial charge in [0.2, 0.25) is 15.9 Å². The van der Waals surface area contributed by atoms with Gasteiger partial charge in [0.25, 0.3) is 0 Å². The normalized spacial score (nSPS) is 16.8. The van der Waals surface area contributed by atoms with Crippen LogP contribution in [-0.2, 0) is 21.2 Å². The van der Waals surface area contributed by atoms with Gasteiger partial charge in [-0.2, -0.15) is 0 Å². The van der Waals surface area contributed by atoms with Crippen LogP contribution in [-0.4, -0.2) is 51.9 Å². The van der Waals surface area contributed by atoms with Crippen LogP contribution in [0.4, 0.5) is 0 Å². The first-order chi connectivity index (χ1) is 12.3. The second-order valence-corrected chi connectivity index (χ2v) is 9.30. The van der Waals surface area contributed by atoms with E-state index in [9.17, 15) is 13.2 Å². The molecule has 0 spiro atoms. The first-order valence-corrected chi connectivity index (χ1v) is 10.8. The van der Waals surface area contributed by atoms with Crippen molar-refractivity contribution in [2.75, 3.05) is 26.7 Å². The van der Waals surface area contributed by atoms with E-state index in [4.69, 9.17) is 0 Å². The Hall–Kier alpha value is -1.44. The summed E-state index contributed by atoms with van der Waals surface area (Å²) in [6.45, 7) is 6.38. The van der Waals surface area contributed by atoms with Gasteiger partial charge in [-0.3, -0.25) is 4.79 Å². The van der Waals surface area contributed by atoms with Crippen LogP contribution in [0.25, 0.3) is 0 Å². The van der Waals surface area contributed by atoms with E-state index in [1.807, 2.05) is 13.8 Å². The van der Waals surface area contributed by atoms with Crippen molar-refractivity contribution in [3.05, 3.63) is 29.8 Å². The summed E-state index contributed by atoms with van der Waals surface area (Å²) in [7, 11) is -1.36. The Kier molecular flexibility index (Phi) is 7.61. The lowest BCUT2D eigenvalue weighted by molar-refractivity contribution is -0.122. The summed E-state index contributed by atoms with van der Waals surface area (Å²) in [5.74, 6) is 0.321. The molecule has 1 aromatic carbocycles. The maximum absolute atomic E-state index is 12.2. The molecule has 0 atom stereocenters. The second kappa shape index (κ2) is 9.48. The van der Waals surface area contributed by atoms with E-state index in [-0.39, 0.29) is 22.8 Å². The van der Waals surface area contributed by atoms with Crippen molar-refractivity contribution in [2.24, 2.45) is 5.92 Å². The molecule has 1 aromatic rings. The van der Waals surface area contributed by atoms with Gasteiger partial charge >= 0.3 is 0 Å².